The van der Waals surface area contributed by atoms with E-state index >= 15 is 0 Å². The summed E-state index contributed by atoms with van der Waals surface area (Å²) in [7, 11) is 0. The minimum absolute atomic E-state index is 0.0309. The van der Waals surface area contributed by atoms with Crippen LogP contribution in [0.15, 0.2) is 18.2 Å². The number of fused-ring (bicyclic) bond motifs is 1. The van der Waals surface area contributed by atoms with Crippen LogP contribution in [0.5, 0.6) is 0 Å². The predicted molar refractivity (Wildman–Crippen MR) is 61.5 cm³/mol. The van der Waals surface area contributed by atoms with Crippen LogP contribution < -0.4 is 11.5 Å². The third kappa shape index (κ3) is 1.48. The second-order valence-electron chi connectivity index (χ2n) is 5.09. The molecule has 0 heterocycles. The summed E-state index contributed by atoms with van der Waals surface area (Å²) in [5, 5.41) is 0. The average Bonchev–Trinajstić information content (AvgIpc) is 2.82. The first-order chi connectivity index (χ1) is 7.19. The molecular formula is C13H18N2. The number of aryl methyl sites for hydroxylation is 2. The van der Waals surface area contributed by atoms with E-state index in [1.54, 1.807) is 0 Å². The molecule has 0 aliphatic heterocycles. The molecule has 1 unspecified atom stereocenters. The number of hydrogen-bond acceptors (Lipinski definition) is 2. The van der Waals surface area contributed by atoms with Crippen molar-refractivity contribution in [3.63, 3.8) is 0 Å². The Morgan fingerprint density at radius 2 is 1.87 bits per heavy atom. The smallest absolute Gasteiger partial charge is 0.0477 e. The van der Waals surface area contributed by atoms with E-state index in [-0.39, 0.29) is 11.6 Å². The van der Waals surface area contributed by atoms with Gasteiger partial charge in [-0.05, 0) is 48.8 Å². The third-order valence-corrected chi connectivity index (χ3v) is 3.93. The topological polar surface area (TPSA) is 52.0 Å². The number of benzene rings is 1. The van der Waals surface area contributed by atoms with Crippen LogP contribution in [0.2, 0.25) is 0 Å². The van der Waals surface area contributed by atoms with E-state index in [2.05, 4.69) is 18.2 Å². The van der Waals surface area contributed by atoms with Crippen LogP contribution >= 0.6 is 0 Å². The molecule has 1 fully saturated rings. The Balaban J connectivity index is 1.92. The summed E-state index contributed by atoms with van der Waals surface area (Å²) in [5.74, 6) is 0. The fourth-order valence-corrected chi connectivity index (χ4v) is 2.57. The normalized spacial score (nSPS) is 23.6. The van der Waals surface area contributed by atoms with Crippen LogP contribution in [0.4, 0.5) is 0 Å². The molecule has 3 rings (SSSR count). The van der Waals surface area contributed by atoms with Gasteiger partial charge < -0.3 is 11.5 Å². The molecule has 0 spiro atoms. The van der Waals surface area contributed by atoms with E-state index < -0.39 is 0 Å². The van der Waals surface area contributed by atoms with Crippen LogP contribution in [0.3, 0.4) is 0 Å². The van der Waals surface area contributed by atoms with Gasteiger partial charge in [0.25, 0.3) is 0 Å². The summed E-state index contributed by atoms with van der Waals surface area (Å²) in [6.45, 7) is 0. The van der Waals surface area contributed by atoms with Crippen molar-refractivity contribution in [1.29, 1.82) is 0 Å². The molecule has 1 saturated carbocycles. The molecule has 15 heavy (non-hydrogen) atoms. The first-order valence-electron chi connectivity index (χ1n) is 5.85. The van der Waals surface area contributed by atoms with Crippen LogP contribution in [0.25, 0.3) is 0 Å². The lowest BCUT2D eigenvalue weighted by Gasteiger charge is -2.19. The summed E-state index contributed by atoms with van der Waals surface area (Å²) < 4.78 is 0. The zero-order chi connectivity index (χ0) is 10.5. The van der Waals surface area contributed by atoms with Crippen molar-refractivity contribution in [1.82, 2.24) is 0 Å². The van der Waals surface area contributed by atoms with Gasteiger partial charge in [0.15, 0.2) is 0 Å². The highest BCUT2D eigenvalue weighted by atomic mass is 14.9. The lowest BCUT2D eigenvalue weighted by atomic mass is 9.96. The van der Waals surface area contributed by atoms with Crippen molar-refractivity contribution in [3.8, 4) is 0 Å². The van der Waals surface area contributed by atoms with Crippen LogP contribution in [0, 0.1) is 0 Å². The predicted octanol–water partition coefficient (Wildman–Crippen LogP) is 1.67. The maximum absolute atomic E-state index is 6.20. The van der Waals surface area contributed by atoms with Gasteiger partial charge in [-0.2, -0.15) is 0 Å². The Bertz CT molecular complexity index is 394. The van der Waals surface area contributed by atoms with Crippen LogP contribution in [-0.2, 0) is 12.8 Å². The highest BCUT2D eigenvalue weighted by Gasteiger charge is 2.44. The Kier molecular flexibility index (Phi) is 1.91. The maximum atomic E-state index is 6.20. The first-order valence-corrected chi connectivity index (χ1v) is 5.85. The fourth-order valence-electron chi connectivity index (χ4n) is 2.57. The summed E-state index contributed by atoms with van der Waals surface area (Å²) >= 11 is 0. The molecule has 0 amide bonds. The van der Waals surface area contributed by atoms with Crippen LogP contribution in [-0.4, -0.2) is 5.54 Å². The Labute approximate surface area is 90.7 Å². The number of nitrogens with two attached hydrogens (primary N) is 2. The summed E-state index contributed by atoms with van der Waals surface area (Å²) in [6.07, 6.45) is 5.89. The Morgan fingerprint density at radius 3 is 2.60 bits per heavy atom. The van der Waals surface area contributed by atoms with Gasteiger partial charge in [0.05, 0.1) is 0 Å². The van der Waals surface area contributed by atoms with Crippen molar-refractivity contribution in [2.45, 2.75) is 43.7 Å². The van der Waals surface area contributed by atoms with Crippen molar-refractivity contribution >= 4 is 0 Å². The monoisotopic (exact) mass is 202 g/mol. The van der Waals surface area contributed by atoms with Gasteiger partial charge in [0.2, 0.25) is 0 Å². The number of hydrogen-bond donors (Lipinski definition) is 2. The molecule has 0 saturated heterocycles. The van der Waals surface area contributed by atoms with E-state index in [1.807, 2.05) is 0 Å². The molecule has 4 N–H and O–H groups in total. The van der Waals surface area contributed by atoms with Crippen molar-refractivity contribution < 1.29 is 0 Å². The Hall–Kier alpha value is -0.860. The van der Waals surface area contributed by atoms with Gasteiger partial charge in [0.1, 0.15) is 0 Å². The second-order valence-corrected chi connectivity index (χ2v) is 5.09. The molecule has 2 aliphatic rings. The lowest BCUT2D eigenvalue weighted by molar-refractivity contribution is 0.535. The van der Waals surface area contributed by atoms with E-state index in [0.29, 0.717) is 0 Å². The van der Waals surface area contributed by atoms with E-state index in [9.17, 15) is 0 Å². The lowest BCUT2D eigenvalue weighted by Crippen LogP contribution is -2.36. The molecule has 1 atom stereocenters. The quantitative estimate of drug-likeness (QED) is 0.766. The zero-order valence-corrected chi connectivity index (χ0v) is 9.00. The van der Waals surface area contributed by atoms with Crippen molar-refractivity contribution in [2.75, 3.05) is 0 Å². The molecule has 0 aromatic heterocycles. The van der Waals surface area contributed by atoms with Crippen LogP contribution in [0.1, 0.15) is 42.0 Å². The van der Waals surface area contributed by atoms with Gasteiger partial charge in [-0.25, -0.2) is 0 Å². The maximum Gasteiger partial charge on any atom is 0.0477 e. The molecule has 0 radical (unpaired) electrons. The zero-order valence-electron chi connectivity index (χ0n) is 9.00. The number of rotatable bonds is 2. The van der Waals surface area contributed by atoms with Gasteiger partial charge in [0, 0.05) is 11.6 Å². The minimum Gasteiger partial charge on any atom is -0.323 e. The Morgan fingerprint density at radius 1 is 1.13 bits per heavy atom. The van der Waals surface area contributed by atoms with Gasteiger partial charge >= 0.3 is 0 Å². The highest BCUT2D eigenvalue weighted by molar-refractivity contribution is 5.38. The molecule has 2 nitrogen and oxygen atoms in total. The van der Waals surface area contributed by atoms with Gasteiger partial charge in [-0.3, -0.25) is 0 Å². The molecule has 1 aromatic carbocycles. The van der Waals surface area contributed by atoms with Crippen molar-refractivity contribution in [3.05, 3.63) is 34.9 Å². The fraction of sp³-hybridized carbons (Fsp3) is 0.538. The molecular weight excluding hydrogens is 184 g/mol. The van der Waals surface area contributed by atoms with E-state index in [1.165, 1.54) is 36.0 Å². The summed E-state index contributed by atoms with van der Waals surface area (Å²) in [5.41, 5.74) is 16.5. The third-order valence-electron chi connectivity index (χ3n) is 3.93. The molecule has 0 bridgehead atoms. The molecule has 80 valence electrons. The minimum atomic E-state index is -0.104. The van der Waals surface area contributed by atoms with Gasteiger partial charge in [-0.1, -0.05) is 18.2 Å². The second kappa shape index (κ2) is 3.06. The average molecular weight is 202 g/mol. The standard InChI is InChI=1S/C13H18N2/c14-12(13(15)6-7-13)11-5-4-9-2-1-3-10(9)8-11/h4-5,8,12H,1-3,6-7,14-15H2. The van der Waals surface area contributed by atoms with Crippen molar-refractivity contribution in [2.24, 2.45) is 11.5 Å². The summed E-state index contributed by atoms with van der Waals surface area (Å²) in [4.78, 5) is 0. The highest BCUT2D eigenvalue weighted by Crippen LogP contribution is 2.42. The molecule has 2 aliphatic carbocycles. The van der Waals surface area contributed by atoms with E-state index in [4.69, 9.17) is 11.5 Å². The van der Waals surface area contributed by atoms with E-state index in [0.717, 1.165) is 12.8 Å². The molecule has 2 heteroatoms. The molecule has 1 aromatic rings. The SMILES string of the molecule is NC(c1ccc2c(c1)CCC2)C1(N)CC1. The first kappa shape index (κ1) is 9.37. The van der Waals surface area contributed by atoms with Gasteiger partial charge in [-0.15, -0.1) is 0 Å². The largest absolute Gasteiger partial charge is 0.323 e. The summed E-state index contributed by atoms with van der Waals surface area (Å²) in [6, 6.07) is 6.72.